The third-order valence-corrected chi connectivity index (χ3v) is 8.14. The van der Waals surface area contributed by atoms with E-state index in [4.69, 9.17) is 27.9 Å². The van der Waals surface area contributed by atoms with Gasteiger partial charge in [-0.15, -0.1) is 0 Å². The van der Waals surface area contributed by atoms with E-state index >= 15 is 0 Å². The van der Waals surface area contributed by atoms with Crippen LogP contribution in [0.25, 0.3) is 6.08 Å². The summed E-state index contributed by atoms with van der Waals surface area (Å²) < 4.78 is 7.26. The zero-order chi connectivity index (χ0) is 24.4. The van der Waals surface area contributed by atoms with E-state index < -0.39 is 11.1 Å². The Morgan fingerprint density at radius 3 is 2.38 bits per heavy atom. The first-order valence-corrected chi connectivity index (χ1v) is 13.5. The molecule has 3 amide bonds. The van der Waals surface area contributed by atoms with Crippen LogP contribution in [0.2, 0.25) is 10.0 Å². The first-order chi connectivity index (χ1) is 16.2. The van der Waals surface area contributed by atoms with Gasteiger partial charge in [-0.3, -0.25) is 19.3 Å². The Bertz CT molecular complexity index is 1180. The van der Waals surface area contributed by atoms with Crippen molar-refractivity contribution in [2.24, 2.45) is 0 Å². The molecule has 0 N–H and O–H groups in total. The summed E-state index contributed by atoms with van der Waals surface area (Å²) in [7, 11) is 0. The fourth-order valence-electron chi connectivity index (χ4n) is 3.58. The number of halogens is 4. The van der Waals surface area contributed by atoms with E-state index in [1.165, 1.54) is 0 Å². The minimum absolute atomic E-state index is 0.199. The van der Waals surface area contributed by atoms with E-state index in [1.807, 2.05) is 6.07 Å². The van der Waals surface area contributed by atoms with Crippen molar-refractivity contribution in [3.05, 3.63) is 65.4 Å². The van der Waals surface area contributed by atoms with Crippen LogP contribution >= 0.6 is 66.8 Å². The average molecular weight is 649 g/mol. The van der Waals surface area contributed by atoms with Gasteiger partial charge in [0.15, 0.2) is 0 Å². The summed E-state index contributed by atoms with van der Waals surface area (Å²) in [6.07, 6.45) is 3.53. The molecule has 2 aliphatic rings. The second-order valence-electron chi connectivity index (χ2n) is 7.71. The number of carbonyl (C=O) groups is 3. The van der Waals surface area contributed by atoms with Gasteiger partial charge in [-0.1, -0.05) is 29.3 Å². The lowest BCUT2D eigenvalue weighted by atomic mass is 10.2. The number of carbonyl (C=O) groups excluding carboxylic acids is 3. The third-order valence-electron chi connectivity index (χ3n) is 5.31. The van der Waals surface area contributed by atoms with Gasteiger partial charge in [-0.2, -0.15) is 0 Å². The highest BCUT2D eigenvalue weighted by molar-refractivity contribution is 9.11. The first kappa shape index (κ1) is 25.6. The van der Waals surface area contributed by atoms with Crippen LogP contribution < -0.4 is 4.74 Å². The number of ether oxygens (including phenoxy) is 1. The first-order valence-electron chi connectivity index (χ1n) is 10.3. The van der Waals surface area contributed by atoms with Crippen molar-refractivity contribution in [2.75, 3.05) is 19.6 Å². The summed E-state index contributed by atoms with van der Waals surface area (Å²) >= 11 is 19.9. The number of hydrogen-bond donors (Lipinski definition) is 0. The predicted molar refractivity (Wildman–Crippen MR) is 141 cm³/mol. The zero-order valence-electron chi connectivity index (χ0n) is 17.7. The van der Waals surface area contributed by atoms with Gasteiger partial charge in [0.1, 0.15) is 18.9 Å². The Balaban J connectivity index is 1.46. The van der Waals surface area contributed by atoms with Gasteiger partial charge < -0.3 is 9.64 Å². The monoisotopic (exact) mass is 646 g/mol. The molecule has 2 aromatic rings. The molecule has 6 nitrogen and oxygen atoms in total. The molecule has 2 aromatic carbocycles. The Morgan fingerprint density at radius 1 is 1.06 bits per heavy atom. The molecule has 34 heavy (non-hydrogen) atoms. The van der Waals surface area contributed by atoms with Crippen molar-refractivity contribution < 1.29 is 19.1 Å². The van der Waals surface area contributed by atoms with E-state index in [9.17, 15) is 14.4 Å². The number of likely N-dealkylation sites (tertiary alicyclic amines) is 1. The molecule has 0 saturated carbocycles. The van der Waals surface area contributed by atoms with Crippen LogP contribution in [-0.2, 0) is 16.2 Å². The SMILES string of the molecule is O=C(CN1C(=O)S/C(=C/c2cc(Br)c(OCc3ccc(Cl)c(Cl)c3)c(Br)c2)C1=O)N1CCCC1. The molecule has 11 heteroatoms. The maximum atomic E-state index is 12.8. The highest BCUT2D eigenvalue weighted by atomic mass is 79.9. The van der Waals surface area contributed by atoms with Crippen LogP contribution in [0.1, 0.15) is 24.0 Å². The zero-order valence-corrected chi connectivity index (χ0v) is 23.2. The van der Waals surface area contributed by atoms with Gasteiger partial charge in [0.2, 0.25) is 5.91 Å². The molecule has 2 heterocycles. The molecule has 2 fully saturated rings. The van der Waals surface area contributed by atoms with Gasteiger partial charge in [0.25, 0.3) is 11.1 Å². The molecule has 2 aliphatic heterocycles. The molecule has 0 bridgehead atoms. The van der Waals surface area contributed by atoms with Crippen LogP contribution in [0.15, 0.2) is 44.2 Å². The van der Waals surface area contributed by atoms with Crippen molar-refractivity contribution in [3.63, 3.8) is 0 Å². The van der Waals surface area contributed by atoms with Crippen molar-refractivity contribution in [3.8, 4) is 5.75 Å². The summed E-state index contributed by atoms with van der Waals surface area (Å²) in [5.74, 6) is -0.0858. The largest absolute Gasteiger partial charge is 0.487 e. The fourth-order valence-corrected chi connectivity index (χ4v) is 6.18. The van der Waals surface area contributed by atoms with E-state index in [1.54, 1.807) is 35.2 Å². The molecule has 0 aliphatic carbocycles. The number of thioether (sulfide) groups is 1. The number of rotatable bonds is 6. The molecular weight excluding hydrogens is 631 g/mol. The smallest absolute Gasteiger partial charge is 0.294 e. The lowest BCUT2D eigenvalue weighted by Gasteiger charge is -2.18. The van der Waals surface area contributed by atoms with Crippen molar-refractivity contribution >= 4 is 90.0 Å². The van der Waals surface area contributed by atoms with Crippen molar-refractivity contribution in [1.82, 2.24) is 9.80 Å². The maximum absolute atomic E-state index is 12.8. The highest BCUT2D eigenvalue weighted by Crippen LogP contribution is 2.38. The Morgan fingerprint density at radius 2 is 1.74 bits per heavy atom. The lowest BCUT2D eigenvalue weighted by molar-refractivity contribution is -0.135. The van der Waals surface area contributed by atoms with Crippen LogP contribution in [0, 0.1) is 0 Å². The highest BCUT2D eigenvalue weighted by Gasteiger charge is 2.37. The molecule has 0 atom stereocenters. The van der Waals surface area contributed by atoms with Gasteiger partial charge in [0, 0.05) is 13.1 Å². The fraction of sp³-hybridized carbons (Fsp3) is 0.261. The maximum Gasteiger partial charge on any atom is 0.294 e. The molecule has 0 aromatic heterocycles. The predicted octanol–water partition coefficient (Wildman–Crippen LogP) is 6.76. The standard InChI is InChI=1S/C23H18Br2Cl2N2O4S/c24-15-7-14(8-16(25)21(15)33-12-13-3-4-17(26)18(27)9-13)10-19-22(31)29(23(32)34-19)11-20(30)28-5-1-2-6-28/h3-4,7-10H,1-2,5-6,11-12H2/b19-10+. The number of imide groups is 1. The number of nitrogens with zero attached hydrogens (tertiary/aromatic N) is 2. The van der Waals surface area contributed by atoms with Crippen molar-refractivity contribution in [2.45, 2.75) is 19.4 Å². The van der Waals surface area contributed by atoms with Crippen molar-refractivity contribution in [1.29, 1.82) is 0 Å². The molecule has 0 spiro atoms. The number of amides is 3. The molecular formula is C23H18Br2Cl2N2O4S. The molecule has 178 valence electrons. The number of benzene rings is 2. The molecule has 0 unspecified atom stereocenters. The average Bonchev–Trinajstić information content (AvgIpc) is 3.41. The minimum Gasteiger partial charge on any atom is -0.487 e. The van der Waals surface area contributed by atoms with E-state index in [2.05, 4.69) is 31.9 Å². The summed E-state index contributed by atoms with van der Waals surface area (Å²) in [5.41, 5.74) is 1.55. The number of hydrogen-bond acceptors (Lipinski definition) is 5. The Labute approximate surface area is 227 Å². The van der Waals surface area contributed by atoms with Crippen LogP contribution in [0.5, 0.6) is 5.75 Å². The second kappa shape index (κ2) is 11.0. The summed E-state index contributed by atoms with van der Waals surface area (Å²) in [4.78, 5) is 40.5. The van der Waals surface area contributed by atoms with Crippen LogP contribution in [0.4, 0.5) is 4.79 Å². The van der Waals surface area contributed by atoms with Gasteiger partial charge in [-0.25, -0.2) is 0 Å². The van der Waals surface area contributed by atoms with E-state index in [0.717, 1.165) is 35.1 Å². The topological polar surface area (TPSA) is 66.9 Å². The third kappa shape index (κ3) is 5.82. The summed E-state index contributed by atoms with van der Waals surface area (Å²) in [6, 6.07) is 8.86. The van der Waals surface area contributed by atoms with Crippen LogP contribution in [0.3, 0.4) is 0 Å². The Hall–Kier alpha value is -1.52. The van der Waals surface area contributed by atoms with Gasteiger partial charge in [0.05, 0.1) is 23.9 Å². The van der Waals surface area contributed by atoms with Gasteiger partial charge >= 0.3 is 0 Å². The minimum atomic E-state index is -0.463. The quantitative estimate of drug-likeness (QED) is 0.324. The van der Waals surface area contributed by atoms with E-state index in [0.29, 0.717) is 43.4 Å². The lowest BCUT2D eigenvalue weighted by Crippen LogP contribution is -2.40. The normalized spacial score (nSPS) is 17.2. The second-order valence-corrected chi connectivity index (χ2v) is 11.2. The molecule has 4 rings (SSSR count). The summed E-state index contributed by atoms with van der Waals surface area (Å²) in [6.45, 7) is 1.40. The summed E-state index contributed by atoms with van der Waals surface area (Å²) in [5, 5.41) is 0.484. The molecule has 2 saturated heterocycles. The molecule has 0 radical (unpaired) electrons. The van der Waals surface area contributed by atoms with E-state index in [-0.39, 0.29) is 24.0 Å². The Kier molecular flexibility index (Phi) is 8.30. The van der Waals surface area contributed by atoms with Crippen LogP contribution in [-0.4, -0.2) is 46.5 Å². The van der Waals surface area contributed by atoms with Gasteiger partial charge in [-0.05, 0) is 97.9 Å².